The number of aromatic nitrogens is 2. The third kappa shape index (κ3) is 4.51. The van der Waals surface area contributed by atoms with E-state index >= 15 is 0 Å². The Hall–Kier alpha value is -3.20. The van der Waals surface area contributed by atoms with E-state index in [0.29, 0.717) is 11.3 Å². The highest BCUT2D eigenvalue weighted by molar-refractivity contribution is 7.92. The van der Waals surface area contributed by atoms with Crippen LogP contribution < -0.4 is 10.0 Å². The van der Waals surface area contributed by atoms with Crippen molar-refractivity contribution >= 4 is 21.6 Å². The molecule has 1 amide bonds. The number of halogens is 1. The zero-order chi connectivity index (χ0) is 22.1. The van der Waals surface area contributed by atoms with Crippen LogP contribution in [0.2, 0.25) is 0 Å². The Balaban J connectivity index is 1.70. The molecule has 9 heteroatoms. The summed E-state index contributed by atoms with van der Waals surface area (Å²) in [5.41, 5.74) is 3.49. The van der Waals surface area contributed by atoms with Gasteiger partial charge in [-0.3, -0.25) is 14.2 Å². The van der Waals surface area contributed by atoms with Gasteiger partial charge in [0, 0.05) is 29.6 Å². The van der Waals surface area contributed by atoms with Crippen molar-refractivity contribution in [3.8, 4) is 0 Å². The number of benzene rings is 2. The Morgan fingerprint density at radius 2 is 1.67 bits per heavy atom. The van der Waals surface area contributed by atoms with Gasteiger partial charge in [0.1, 0.15) is 5.82 Å². The predicted octanol–water partition coefficient (Wildman–Crippen LogP) is 3.47. The molecular weight excluding hydrogens is 407 g/mol. The number of aryl methyl sites for hydroxylation is 2. The molecule has 1 unspecified atom stereocenters. The van der Waals surface area contributed by atoms with Crippen molar-refractivity contribution in [1.82, 2.24) is 15.1 Å². The number of rotatable bonds is 6. The summed E-state index contributed by atoms with van der Waals surface area (Å²) >= 11 is 0. The van der Waals surface area contributed by atoms with Crippen LogP contribution in [0, 0.1) is 19.7 Å². The van der Waals surface area contributed by atoms with Crippen LogP contribution in [0.1, 0.15) is 40.3 Å². The normalized spacial score (nSPS) is 12.4. The number of nitrogens with zero attached hydrogens (tertiary/aromatic N) is 2. The lowest BCUT2D eigenvalue weighted by Gasteiger charge is -2.15. The van der Waals surface area contributed by atoms with Gasteiger partial charge in [-0.05, 0) is 69.3 Å². The molecule has 1 atom stereocenters. The summed E-state index contributed by atoms with van der Waals surface area (Å²) in [5, 5.41) is 7.31. The van der Waals surface area contributed by atoms with E-state index in [-0.39, 0.29) is 16.8 Å². The fourth-order valence-corrected chi connectivity index (χ4v) is 4.34. The molecule has 0 bridgehead atoms. The SMILES string of the molecule is Cc1nn(C)c(C)c1C(C)NC(=O)c1ccc(NS(=O)(=O)c2ccc(F)cc2)cc1. The molecule has 7 nitrogen and oxygen atoms in total. The third-order valence-electron chi connectivity index (χ3n) is 4.87. The minimum absolute atomic E-state index is 0.0539. The van der Waals surface area contributed by atoms with E-state index in [4.69, 9.17) is 0 Å². The summed E-state index contributed by atoms with van der Waals surface area (Å²) < 4.78 is 42.0. The van der Waals surface area contributed by atoms with Gasteiger partial charge in [-0.1, -0.05) is 0 Å². The number of hydrogen-bond donors (Lipinski definition) is 2. The second kappa shape index (κ2) is 8.27. The molecule has 0 saturated carbocycles. The Labute approximate surface area is 175 Å². The Kier molecular flexibility index (Phi) is 5.93. The van der Waals surface area contributed by atoms with Crippen LogP contribution in [0.3, 0.4) is 0 Å². The molecule has 0 fully saturated rings. The van der Waals surface area contributed by atoms with E-state index in [1.807, 2.05) is 27.8 Å². The van der Waals surface area contributed by atoms with Crippen molar-refractivity contribution < 1.29 is 17.6 Å². The zero-order valence-electron chi connectivity index (χ0n) is 17.1. The van der Waals surface area contributed by atoms with Gasteiger partial charge in [0.05, 0.1) is 16.6 Å². The molecule has 3 rings (SSSR count). The van der Waals surface area contributed by atoms with E-state index in [9.17, 15) is 17.6 Å². The fraction of sp³-hybridized carbons (Fsp3) is 0.238. The predicted molar refractivity (Wildman–Crippen MR) is 112 cm³/mol. The third-order valence-corrected chi connectivity index (χ3v) is 6.27. The molecule has 0 spiro atoms. The molecule has 30 heavy (non-hydrogen) atoms. The lowest BCUT2D eigenvalue weighted by atomic mass is 10.1. The highest BCUT2D eigenvalue weighted by atomic mass is 32.2. The van der Waals surface area contributed by atoms with Gasteiger partial charge in [0.15, 0.2) is 0 Å². The van der Waals surface area contributed by atoms with Crippen molar-refractivity contribution in [2.24, 2.45) is 7.05 Å². The second-order valence-corrected chi connectivity index (χ2v) is 8.72. The lowest BCUT2D eigenvalue weighted by molar-refractivity contribution is 0.0939. The van der Waals surface area contributed by atoms with Crippen LogP contribution in [0.4, 0.5) is 10.1 Å². The van der Waals surface area contributed by atoms with Gasteiger partial charge < -0.3 is 5.32 Å². The van der Waals surface area contributed by atoms with Crippen molar-refractivity contribution in [2.45, 2.75) is 31.7 Å². The Morgan fingerprint density at radius 3 is 2.20 bits per heavy atom. The number of sulfonamides is 1. The van der Waals surface area contributed by atoms with Crippen LogP contribution in [-0.4, -0.2) is 24.1 Å². The van der Waals surface area contributed by atoms with Crippen LogP contribution in [-0.2, 0) is 17.1 Å². The van der Waals surface area contributed by atoms with Crippen LogP contribution in [0.15, 0.2) is 53.4 Å². The summed E-state index contributed by atoms with van der Waals surface area (Å²) in [6.07, 6.45) is 0. The Morgan fingerprint density at radius 1 is 1.07 bits per heavy atom. The number of hydrogen-bond acceptors (Lipinski definition) is 4. The lowest BCUT2D eigenvalue weighted by Crippen LogP contribution is -2.27. The molecule has 0 saturated heterocycles. The first-order valence-electron chi connectivity index (χ1n) is 9.28. The van der Waals surface area contributed by atoms with E-state index < -0.39 is 15.8 Å². The molecule has 0 aliphatic carbocycles. The maximum absolute atomic E-state index is 13.0. The van der Waals surface area contributed by atoms with E-state index in [1.165, 1.54) is 36.4 Å². The molecule has 1 aromatic heterocycles. The van der Waals surface area contributed by atoms with E-state index in [0.717, 1.165) is 29.1 Å². The number of nitrogens with one attached hydrogen (secondary N) is 2. The molecule has 0 aliphatic rings. The molecule has 2 N–H and O–H groups in total. The second-order valence-electron chi connectivity index (χ2n) is 7.04. The molecule has 2 aromatic carbocycles. The first kappa shape index (κ1) is 21.5. The van der Waals surface area contributed by atoms with Crippen molar-refractivity contribution in [3.05, 3.63) is 76.9 Å². The first-order valence-corrected chi connectivity index (χ1v) is 10.8. The molecular formula is C21H23FN4O3S. The molecule has 158 valence electrons. The number of carbonyl (C=O) groups excluding carboxylic acids is 1. The van der Waals surface area contributed by atoms with Gasteiger partial charge in [-0.2, -0.15) is 5.10 Å². The largest absolute Gasteiger partial charge is 0.345 e. The monoisotopic (exact) mass is 430 g/mol. The van der Waals surface area contributed by atoms with Gasteiger partial charge in [0.2, 0.25) is 0 Å². The summed E-state index contributed by atoms with van der Waals surface area (Å²) in [4.78, 5) is 12.5. The average molecular weight is 431 g/mol. The van der Waals surface area contributed by atoms with Gasteiger partial charge in [0.25, 0.3) is 15.9 Å². The average Bonchev–Trinajstić information content (AvgIpc) is 2.94. The van der Waals surface area contributed by atoms with Gasteiger partial charge >= 0.3 is 0 Å². The Bertz CT molecular complexity index is 1170. The standard InChI is InChI=1S/C21H23FN4O3S/c1-13(20-14(2)24-26(4)15(20)3)23-21(27)16-5-9-18(10-6-16)25-30(28,29)19-11-7-17(22)8-12-19/h5-13,25H,1-4H3,(H,23,27). The van der Waals surface area contributed by atoms with Gasteiger partial charge in [-0.15, -0.1) is 0 Å². The summed E-state index contributed by atoms with van der Waals surface area (Å²) in [6, 6.07) is 10.4. The smallest absolute Gasteiger partial charge is 0.261 e. The minimum atomic E-state index is -3.85. The number of carbonyl (C=O) groups is 1. The van der Waals surface area contributed by atoms with E-state index in [2.05, 4.69) is 15.1 Å². The quantitative estimate of drug-likeness (QED) is 0.626. The van der Waals surface area contributed by atoms with Crippen LogP contribution in [0.5, 0.6) is 0 Å². The summed E-state index contributed by atoms with van der Waals surface area (Å²) in [7, 11) is -2.00. The topological polar surface area (TPSA) is 93.1 Å². The fourth-order valence-electron chi connectivity index (χ4n) is 3.29. The molecule has 3 aromatic rings. The highest BCUT2D eigenvalue weighted by Gasteiger charge is 2.19. The van der Waals surface area contributed by atoms with Crippen molar-refractivity contribution in [3.63, 3.8) is 0 Å². The van der Waals surface area contributed by atoms with Crippen molar-refractivity contribution in [2.75, 3.05) is 4.72 Å². The highest BCUT2D eigenvalue weighted by Crippen LogP contribution is 2.22. The first-order chi connectivity index (χ1) is 14.1. The minimum Gasteiger partial charge on any atom is -0.345 e. The van der Waals surface area contributed by atoms with Crippen molar-refractivity contribution in [1.29, 1.82) is 0 Å². The van der Waals surface area contributed by atoms with Crippen LogP contribution >= 0.6 is 0 Å². The van der Waals surface area contributed by atoms with E-state index in [1.54, 1.807) is 4.68 Å². The number of anilines is 1. The number of amides is 1. The molecule has 1 heterocycles. The zero-order valence-corrected chi connectivity index (χ0v) is 17.9. The summed E-state index contributed by atoms with van der Waals surface area (Å²) in [5.74, 6) is -0.798. The molecule has 0 radical (unpaired) electrons. The maximum Gasteiger partial charge on any atom is 0.261 e. The maximum atomic E-state index is 13.0. The van der Waals surface area contributed by atoms with Gasteiger partial charge in [-0.25, -0.2) is 12.8 Å². The summed E-state index contributed by atoms with van der Waals surface area (Å²) in [6.45, 7) is 5.73. The van der Waals surface area contributed by atoms with Crippen LogP contribution in [0.25, 0.3) is 0 Å². The molecule has 0 aliphatic heterocycles.